The van der Waals surface area contributed by atoms with Crippen LogP contribution in [0.3, 0.4) is 0 Å². The van der Waals surface area contributed by atoms with Gasteiger partial charge in [0.1, 0.15) is 6.10 Å². The van der Waals surface area contributed by atoms with Gasteiger partial charge >= 0.3 is 0 Å². The minimum absolute atomic E-state index is 0.147. The van der Waals surface area contributed by atoms with Gasteiger partial charge in [-0.2, -0.15) is 0 Å². The Bertz CT molecular complexity index is 975. The summed E-state index contributed by atoms with van der Waals surface area (Å²) in [6.07, 6.45) is -0.732. The van der Waals surface area contributed by atoms with E-state index in [0.29, 0.717) is 6.42 Å². The van der Waals surface area contributed by atoms with Crippen molar-refractivity contribution in [1.82, 2.24) is 0 Å². The Labute approximate surface area is 139 Å². The molecule has 1 unspecified atom stereocenters. The second kappa shape index (κ2) is 5.15. The van der Waals surface area contributed by atoms with E-state index in [2.05, 4.69) is 54.6 Å². The highest BCUT2D eigenvalue weighted by atomic mass is 16.5. The molecule has 0 aliphatic carbocycles. The van der Waals surface area contributed by atoms with Gasteiger partial charge in [0.25, 0.3) is 0 Å². The summed E-state index contributed by atoms with van der Waals surface area (Å²) < 4.78 is 5.84. The normalized spacial score (nSPS) is 24.5. The fourth-order valence-electron chi connectivity index (χ4n) is 4.07. The predicted molar refractivity (Wildman–Crippen MR) is 95.5 cm³/mol. The van der Waals surface area contributed by atoms with Gasteiger partial charge in [0.15, 0.2) is 0 Å². The van der Waals surface area contributed by atoms with Crippen molar-refractivity contribution >= 4 is 32.3 Å². The van der Waals surface area contributed by atoms with Crippen LogP contribution in [0.15, 0.2) is 54.6 Å². The lowest BCUT2D eigenvalue weighted by Crippen LogP contribution is -2.24. The summed E-state index contributed by atoms with van der Waals surface area (Å²) in [7, 11) is 0. The molecule has 3 atom stereocenters. The molecule has 1 aliphatic heterocycles. The first-order valence-electron chi connectivity index (χ1n) is 8.36. The van der Waals surface area contributed by atoms with E-state index in [0.717, 1.165) is 5.56 Å². The number of aliphatic hydroxyl groups is 2. The van der Waals surface area contributed by atoms with Gasteiger partial charge in [-0.15, -0.1) is 0 Å². The maximum atomic E-state index is 10.0. The van der Waals surface area contributed by atoms with Crippen LogP contribution in [-0.2, 0) is 4.74 Å². The first-order valence-corrected chi connectivity index (χ1v) is 8.36. The third-order valence-corrected chi connectivity index (χ3v) is 5.26. The first kappa shape index (κ1) is 14.2. The van der Waals surface area contributed by atoms with E-state index >= 15 is 0 Å². The van der Waals surface area contributed by atoms with Crippen molar-refractivity contribution in [3.05, 3.63) is 60.2 Å². The zero-order valence-electron chi connectivity index (χ0n) is 13.1. The molecular weight excluding hydrogens is 300 g/mol. The van der Waals surface area contributed by atoms with Crippen molar-refractivity contribution in [1.29, 1.82) is 0 Å². The highest BCUT2D eigenvalue weighted by molar-refractivity contribution is 6.23. The average Bonchev–Trinajstić information content (AvgIpc) is 3.00. The van der Waals surface area contributed by atoms with Gasteiger partial charge in [0.05, 0.1) is 18.8 Å². The molecule has 5 rings (SSSR count). The lowest BCUT2D eigenvalue weighted by atomic mass is 9.91. The molecule has 1 fully saturated rings. The molecule has 1 aliphatic rings. The van der Waals surface area contributed by atoms with E-state index in [1.807, 2.05) is 0 Å². The zero-order chi connectivity index (χ0) is 16.3. The van der Waals surface area contributed by atoms with Crippen molar-refractivity contribution < 1.29 is 14.9 Å². The lowest BCUT2D eigenvalue weighted by Gasteiger charge is -2.16. The summed E-state index contributed by atoms with van der Waals surface area (Å²) in [6.45, 7) is -0.147. The molecule has 0 aromatic heterocycles. The van der Waals surface area contributed by atoms with Crippen LogP contribution in [0.1, 0.15) is 18.1 Å². The predicted octanol–water partition coefficient (Wildman–Crippen LogP) is 3.77. The summed E-state index contributed by atoms with van der Waals surface area (Å²) >= 11 is 0. The van der Waals surface area contributed by atoms with Crippen LogP contribution in [0.25, 0.3) is 32.3 Å². The molecule has 24 heavy (non-hydrogen) atoms. The van der Waals surface area contributed by atoms with Gasteiger partial charge in [0.2, 0.25) is 0 Å². The Morgan fingerprint density at radius 2 is 1.46 bits per heavy atom. The fourth-order valence-corrected chi connectivity index (χ4v) is 4.07. The molecule has 0 spiro atoms. The molecule has 1 heterocycles. The molecule has 3 nitrogen and oxygen atoms in total. The van der Waals surface area contributed by atoms with E-state index in [1.165, 1.54) is 32.3 Å². The van der Waals surface area contributed by atoms with Gasteiger partial charge in [-0.1, -0.05) is 42.5 Å². The molecule has 4 aromatic rings. The second-order valence-corrected chi connectivity index (χ2v) is 6.70. The van der Waals surface area contributed by atoms with Crippen LogP contribution in [0.5, 0.6) is 0 Å². The largest absolute Gasteiger partial charge is 0.394 e. The molecule has 0 radical (unpaired) electrons. The smallest absolute Gasteiger partial charge is 0.107 e. The number of benzene rings is 4. The Hall–Kier alpha value is -2.20. The number of hydrogen-bond donors (Lipinski definition) is 2. The topological polar surface area (TPSA) is 49.7 Å². The van der Waals surface area contributed by atoms with Crippen molar-refractivity contribution in [3.8, 4) is 0 Å². The van der Waals surface area contributed by atoms with Gasteiger partial charge in [-0.25, -0.2) is 0 Å². The van der Waals surface area contributed by atoms with Crippen LogP contribution in [0.2, 0.25) is 0 Å². The third kappa shape index (κ3) is 1.96. The van der Waals surface area contributed by atoms with Crippen molar-refractivity contribution in [2.45, 2.75) is 24.7 Å². The zero-order valence-corrected chi connectivity index (χ0v) is 13.1. The first-order chi connectivity index (χ1) is 11.7. The number of hydrogen-bond acceptors (Lipinski definition) is 3. The Kier molecular flexibility index (Phi) is 3.04. The highest BCUT2D eigenvalue weighted by Gasteiger charge is 2.34. The monoisotopic (exact) mass is 318 g/mol. The van der Waals surface area contributed by atoms with E-state index < -0.39 is 12.2 Å². The third-order valence-electron chi connectivity index (χ3n) is 5.26. The molecule has 0 amide bonds. The molecule has 2 N–H and O–H groups in total. The highest BCUT2D eigenvalue weighted by Crippen LogP contribution is 2.39. The van der Waals surface area contributed by atoms with E-state index in [4.69, 9.17) is 4.74 Å². The van der Waals surface area contributed by atoms with Crippen LogP contribution in [-0.4, -0.2) is 29.0 Å². The van der Waals surface area contributed by atoms with Crippen molar-refractivity contribution in [2.75, 3.05) is 6.61 Å². The Balaban J connectivity index is 1.72. The van der Waals surface area contributed by atoms with Crippen molar-refractivity contribution in [2.24, 2.45) is 0 Å². The molecule has 4 aromatic carbocycles. The number of rotatable bonds is 2. The van der Waals surface area contributed by atoms with Crippen LogP contribution in [0, 0.1) is 0 Å². The van der Waals surface area contributed by atoms with Crippen LogP contribution in [0.4, 0.5) is 0 Å². The summed E-state index contributed by atoms with van der Waals surface area (Å²) in [5.74, 6) is 0. The maximum absolute atomic E-state index is 10.0. The minimum atomic E-state index is -0.606. The van der Waals surface area contributed by atoms with Gasteiger partial charge in [-0.05, 0) is 50.0 Å². The van der Waals surface area contributed by atoms with E-state index in [9.17, 15) is 10.2 Å². The number of aliphatic hydroxyl groups excluding tert-OH is 2. The van der Waals surface area contributed by atoms with Crippen molar-refractivity contribution in [3.63, 3.8) is 0 Å². The molecule has 3 heteroatoms. The maximum Gasteiger partial charge on any atom is 0.107 e. The van der Waals surface area contributed by atoms with Crippen LogP contribution < -0.4 is 0 Å². The molecule has 0 bridgehead atoms. The lowest BCUT2D eigenvalue weighted by molar-refractivity contribution is -0.0225. The minimum Gasteiger partial charge on any atom is -0.394 e. The summed E-state index contributed by atoms with van der Waals surface area (Å²) in [5, 5.41) is 26.8. The van der Waals surface area contributed by atoms with Gasteiger partial charge in [0, 0.05) is 6.42 Å². The second-order valence-electron chi connectivity index (χ2n) is 6.70. The quantitative estimate of drug-likeness (QED) is 0.553. The van der Waals surface area contributed by atoms with E-state index in [1.54, 1.807) is 0 Å². The summed E-state index contributed by atoms with van der Waals surface area (Å²) in [6, 6.07) is 19.3. The Morgan fingerprint density at radius 1 is 0.875 bits per heavy atom. The molecule has 120 valence electrons. The SMILES string of the molecule is OC[C@H]1OC(c2cc3ccc4cccc5ccc(c2)c3c45)C[C@@H]1O. The fraction of sp³-hybridized carbons (Fsp3) is 0.238. The number of ether oxygens (including phenoxy) is 1. The summed E-state index contributed by atoms with van der Waals surface area (Å²) in [5.41, 5.74) is 1.07. The molecular formula is C21H18O3. The summed E-state index contributed by atoms with van der Waals surface area (Å²) in [4.78, 5) is 0. The standard InChI is InChI=1S/C21H18O3/c22-11-19-17(23)10-18(24-19)16-8-14-6-4-12-2-1-3-13-5-7-15(9-16)21(14)20(12)13/h1-9,17-19,22-23H,10-11H2/t17-,18?,19+/m0/s1. The van der Waals surface area contributed by atoms with Gasteiger partial charge in [-0.3, -0.25) is 0 Å². The molecule has 1 saturated heterocycles. The average molecular weight is 318 g/mol. The van der Waals surface area contributed by atoms with Gasteiger partial charge < -0.3 is 14.9 Å². The van der Waals surface area contributed by atoms with E-state index in [-0.39, 0.29) is 12.7 Å². The molecule has 0 saturated carbocycles. The van der Waals surface area contributed by atoms with Crippen LogP contribution >= 0.6 is 0 Å². The Morgan fingerprint density at radius 3 is 2.04 bits per heavy atom.